The fourth-order valence-corrected chi connectivity index (χ4v) is 6.70. The van der Waals surface area contributed by atoms with E-state index in [1.54, 1.807) is 0 Å². The molecule has 0 saturated heterocycles. The minimum Gasteiger partial charge on any atom is -0.756 e. The average Bonchev–Trinajstić information content (AvgIpc) is 3.17. The topological polar surface area (TPSA) is 111 Å². The van der Waals surface area contributed by atoms with Crippen molar-refractivity contribution in [1.29, 1.82) is 0 Å². The molecule has 336 valence electrons. The Kier molecular flexibility index (Phi) is 38.5. The predicted molar refractivity (Wildman–Crippen MR) is 240 cm³/mol. The maximum atomic E-state index is 12.7. The van der Waals surface area contributed by atoms with E-state index >= 15 is 0 Å². The third-order valence-corrected chi connectivity index (χ3v) is 10.5. The third kappa shape index (κ3) is 43.3. The number of likely N-dealkylation sites (N-methyl/N-ethyl adjacent to an activating group) is 1. The van der Waals surface area contributed by atoms with Crippen molar-refractivity contribution in [3.05, 3.63) is 60.8 Å². The number of phosphoric ester groups is 1. The molecule has 0 aliphatic rings. The minimum absolute atomic E-state index is 0.0347. The Morgan fingerprint density at radius 1 is 0.552 bits per heavy atom. The van der Waals surface area contributed by atoms with E-state index in [2.05, 4.69) is 74.6 Å². The molecule has 10 heteroatoms. The summed E-state index contributed by atoms with van der Waals surface area (Å²) in [6.07, 6.45) is 48.2. The first-order valence-electron chi connectivity index (χ1n) is 23.0. The Bertz CT molecular complexity index is 1170. The lowest BCUT2D eigenvalue weighted by Crippen LogP contribution is -2.37. The summed E-state index contributed by atoms with van der Waals surface area (Å²) in [5, 5.41) is 0. The van der Waals surface area contributed by atoms with E-state index in [1.807, 2.05) is 21.1 Å². The lowest BCUT2D eigenvalue weighted by Gasteiger charge is -2.28. The quantitative estimate of drug-likeness (QED) is 0.0197. The molecule has 0 amide bonds. The summed E-state index contributed by atoms with van der Waals surface area (Å²) < 4.78 is 33.9. The standard InChI is InChI=1S/C48H86NO8P/c1-6-8-10-12-14-16-18-19-20-21-22-23-24-25-26-27-28-29-31-33-35-37-39-41-48(51)57-46(45-56-58(52,53)55-43-42-49(3,4)5)44-54-47(50)40-38-36-34-32-30-17-15-13-11-9-7-2/h8,10,14,16,19-20,22-23,25-26,46H,6-7,9,11-13,15,17-18,21,24,27-45H2,1-5H3/b10-8-,16-14-,20-19-,23-22-,26-25-. The van der Waals surface area contributed by atoms with Crippen molar-refractivity contribution >= 4 is 19.8 Å². The lowest BCUT2D eigenvalue weighted by atomic mass is 10.1. The van der Waals surface area contributed by atoms with Gasteiger partial charge in [0.05, 0.1) is 27.7 Å². The molecule has 9 nitrogen and oxygen atoms in total. The maximum Gasteiger partial charge on any atom is 0.306 e. The molecule has 0 bridgehead atoms. The summed E-state index contributed by atoms with van der Waals surface area (Å²) in [6.45, 7) is 4.09. The van der Waals surface area contributed by atoms with Crippen LogP contribution in [0.2, 0.25) is 0 Å². The van der Waals surface area contributed by atoms with Crippen molar-refractivity contribution < 1.29 is 42.1 Å². The van der Waals surface area contributed by atoms with Gasteiger partial charge >= 0.3 is 11.9 Å². The van der Waals surface area contributed by atoms with Crippen LogP contribution < -0.4 is 4.89 Å². The molecule has 0 heterocycles. The van der Waals surface area contributed by atoms with E-state index in [0.717, 1.165) is 77.0 Å². The van der Waals surface area contributed by atoms with E-state index in [9.17, 15) is 19.0 Å². The molecule has 0 rings (SSSR count). The van der Waals surface area contributed by atoms with E-state index in [4.69, 9.17) is 18.5 Å². The molecule has 0 spiro atoms. The van der Waals surface area contributed by atoms with Crippen LogP contribution in [0, 0.1) is 0 Å². The third-order valence-electron chi connectivity index (χ3n) is 9.55. The van der Waals surface area contributed by atoms with Crippen LogP contribution in [-0.4, -0.2) is 70.0 Å². The van der Waals surface area contributed by atoms with Crippen LogP contribution >= 0.6 is 7.82 Å². The van der Waals surface area contributed by atoms with Gasteiger partial charge in [-0.1, -0.05) is 171 Å². The smallest absolute Gasteiger partial charge is 0.306 e. The van der Waals surface area contributed by atoms with E-state index in [-0.39, 0.29) is 32.0 Å². The van der Waals surface area contributed by atoms with E-state index < -0.39 is 26.5 Å². The van der Waals surface area contributed by atoms with Gasteiger partial charge in [-0.2, -0.15) is 0 Å². The normalized spacial score (nSPS) is 14.1. The van der Waals surface area contributed by atoms with Gasteiger partial charge in [0, 0.05) is 12.8 Å². The number of rotatable bonds is 41. The Labute approximate surface area is 356 Å². The number of hydrogen-bond acceptors (Lipinski definition) is 8. The van der Waals surface area contributed by atoms with Gasteiger partial charge in [-0.25, -0.2) is 0 Å². The van der Waals surface area contributed by atoms with E-state index in [0.29, 0.717) is 17.4 Å². The number of unbranched alkanes of at least 4 members (excludes halogenated alkanes) is 17. The van der Waals surface area contributed by atoms with Crippen LogP contribution in [0.1, 0.15) is 181 Å². The highest BCUT2D eigenvalue weighted by atomic mass is 31.2. The summed E-state index contributed by atoms with van der Waals surface area (Å²) in [5.41, 5.74) is 0. The fourth-order valence-electron chi connectivity index (χ4n) is 5.97. The summed E-state index contributed by atoms with van der Waals surface area (Å²) in [6, 6.07) is 0. The highest BCUT2D eigenvalue weighted by Crippen LogP contribution is 2.38. The highest BCUT2D eigenvalue weighted by molar-refractivity contribution is 7.45. The van der Waals surface area contributed by atoms with Crippen LogP contribution in [0.15, 0.2) is 60.8 Å². The number of quaternary nitrogens is 1. The maximum absolute atomic E-state index is 12.7. The number of esters is 2. The minimum atomic E-state index is -4.63. The second kappa shape index (κ2) is 40.1. The molecular formula is C48H86NO8P. The number of carbonyl (C=O) groups is 2. The molecule has 0 aromatic heterocycles. The summed E-state index contributed by atoms with van der Waals surface area (Å²) in [4.78, 5) is 37.5. The first-order valence-corrected chi connectivity index (χ1v) is 24.5. The van der Waals surface area contributed by atoms with Gasteiger partial charge in [0.25, 0.3) is 7.82 Å². The number of phosphoric acid groups is 1. The van der Waals surface area contributed by atoms with Gasteiger partial charge in [0.1, 0.15) is 19.8 Å². The first-order chi connectivity index (χ1) is 28.0. The lowest BCUT2D eigenvalue weighted by molar-refractivity contribution is -0.870. The zero-order valence-electron chi connectivity index (χ0n) is 37.7. The van der Waals surface area contributed by atoms with Gasteiger partial charge < -0.3 is 27.9 Å². The fraction of sp³-hybridized carbons (Fsp3) is 0.750. The molecule has 2 atom stereocenters. The highest BCUT2D eigenvalue weighted by Gasteiger charge is 2.21. The summed E-state index contributed by atoms with van der Waals surface area (Å²) in [7, 11) is 1.15. The van der Waals surface area contributed by atoms with Crippen LogP contribution in [0.5, 0.6) is 0 Å². The number of carbonyl (C=O) groups excluding carboxylic acids is 2. The molecule has 0 fully saturated rings. The van der Waals surface area contributed by atoms with Crippen molar-refractivity contribution in [2.75, 3.05) is 47.5 Å². The molecule has 0 radical (unpaired) electrons. The zero-order chi connectivity index (χ0) is 42.8. The van der Waals surface area contributed by atoms with Crippen molar-refractivity contribution in [3.8, 4) is 0 Å². The summed E-state index contributed by atoms with van der Waals surface area (Å²) in [5.74, 6) is -0.849. The number of nitrogens with zero attached hydrogens (tertiary/aromatic N) is 1. The second-order valence-electron chi connectivity index (χ2n) is 16.4. The van der Waals surface area contributed by atoms with Gasteiger partial charge in [0.15, 0.2) is 6.10 Å². The molecule has 0 aromatic carbocycles. The van der Waals surface area contributed by atoms with Crippen molar-refractivity contribution in [3.63, 3.8) is 0 Å². The number of hydrogen-bond donors (Lipinski definition) is 0. The Morgan fingerprint density at radius 2 is 0.983 bits per heavy atom. The van der Waals surface area contributed by atoms with Gasteiger partial charge in [-0.15, -0.1) is 0 Å². The molecule has 58 heavy (non-hydrogen) atoms. The number of ether oxygens (including phenoxy) is 2. The summed E-state index contributed by atoms with van der Waals surface area (Å²) >= 11 is 0. The molecule has 2 unspecified atom stereocenters. The zero-order valence-corrected chi connectivity index (χ0v) is 38.6. The molecule has 0 aromatic rings. The Morgan fingerprint density at radius 3 is 1.47 bits per heavy atom. The van der Waals surface area contributed by atoms with Gasteiger partial charge in [-0.3, -0.25) is 14.2 Å². The van der Waals surface area contributed by atoms with Crippen molar-refractivity contribution in [1.82, 2.24) is 0 Å². The van der Waals surface area contributed by atoms with Gasteiger partial charge in [-0.05, 0) is 57.8 Å². The first kappa shape index (κ1) is 55.7. The van der Waals surface area contributed by atoms with Crippen LogP contribution in [0.3, 0.4) is 0 Å². The van der Waals surface area contributed by atoms with Crippen LogP contribution in [-0.2, 0) is 32.7 Å². The molecule has 0 aliphatic carbocycles. The predicted octanol–water partition coefficient (Wildman–Crippen LogP) is 12.6. The molecule has 0 saturated carbocycles. The molecular weight excluding hydrogens is 750 g/mol. The Hall–Kier alpha value is -2.29. The number of allylic oxidation sites excluding steroid dienone is 10. The van der Waals surface area contributed by atoms with E-state index in [1.165, 1.54) is 70.6 Å². The SMILES string of the molecule is CC/C=C\C/C=C\C/C=C\C/C=C\C/C=C\CCCCCCCCCC(=O)OC(COC(=O)CCCCCCCCCCCCC)COP(=O)([O-])OCC[N+](C)(C)C. The second-order valence-corrected chi connectivity index (χ2v) is 17.8. The van der Waals surface area contributed by atoms with Crippen molar-refractivity contribution in [2.24, 2.45) is 0 Å². The van der Waals surface area contributed by atoms with Crippen molar-refractivity contribution in [2.45, 2.75) is 187 Å². The average molecular weight is 836 g/mol. The largest absolute Gasteiger partial charge is 0.756 e. The molecule has 0 aliphatic heterocycles. The van der Waals surface area contributed by atoms with Gasteiger partial charge in [0.2, 0.25) is 0 Å². The van der Waals surface area contributed by atoms with Crippen LogP contribution in [0.4, 0.5) is 0 Å². The Balaban J connectivity index is 4.30. The van der Waals surface area contributed by atoms with Crippen LogP contribution in [0.25, 0.3) is 0 Å². The molecule has 0 N–H and O–H groups in total. The monoisotopic (exact) mass is 836 g/mol.